The summed E-state index contributed by atoms with van der Waals surface area (Å²) < 4.78 is 0. The van der Waals surface area contributed by atoms with Gasteiger partial charge >= 0.3 is 0 Å². The number of rotatable bonds is 3. The molecule has 9 aromatic rings. The number of hydrogen-bond donors (Lipinski definition) is 0. The Kier molecular flexibility index (Phi) is 6.11. The standard InChI is InChI=1S/C54H37N/c1-53(2)50-32-36-30-38(26-24-35(36)31-46(50)45-28-25-34-14-6-7-17-40(34)52(45)53)55(37-15-4-3-5-16-37)39-27-29-44-43-20-10-13-23-49(43)54(51(44)33-39)47-21-11-8-18-41(47)42-19-9-12-22-48(42)54/h3-33H,1-2H3. The molecule has 0 unspecified atom stereocenters. The molecule has 0 N–H and O–H groups in total. The summed E-state index contributed by atoms with van der Waals surface area (Å²) in [6.45, 7) is 4.79. The summed E-state index contributed by atoms with van der Waals surface area (Å²) in [6.07, 6.45) is 0. The first kappa shape index (κ1) is 30.7. The van der Waals surface area contributed by atoms with Crippen molar-refractivity contribution in [3.05, 3.63) is 221 Å². The molecule has 0 heterocycles. The summed E-state index contributed by atoms with van der Waals surface area (Å²) in [5.41, 5.74) is 19.2. The van der Waals surface area contributed by atoms with Gasteiger partial charge in [-0.3, -0.25) is 0 Å². The van der Waals surface area contributed by atoms with E-state index in [-0.39, 0.29) is 5.41 Å². The second kappa shape index (κ2) is 10.9. The fourth-order valence-electron chi connectivity index (χ4n) is 10.7. The van der Waals surface area contributed by atoms with Crippen molar-refractivity contribution >= 4 is 38.6 Å². The minimum atomic E-state index is -0.397. The van der Waals surface area contributed by atoms with Crippen LogP contribution in [0.25, 0.3) is 54.9 Å². The van der Waals surface area contributed by atoms with Crippen molar-refractivity contribution in [1.82, 2.24) is 0 Å². The average Bonchev–Trinajstić information content (AvgIpc) is 3.79. The van der Waals surface area contributed by atoms with Crippen LogP contribution in [0.2, 0.25) is 0 Å². The van der Waals surface area contributed by atoms with Crippen molar-refractivity contribution in [2.24, 2.45) is 0 Å². The fraction of sp³-hybridized carbons (Fsp3) is 0.0741. The topological polar surface area (TPSA) is 3.24 Å². The Hall–Kier alpha value is -6.70. The molecule has 0 atom stereocenters. The first-order chi connectivity index (χ1) is 27.0. The number of hydrogen-bond acceptors (Lipinski definition) is 1. The first-order valence-electron chi connectivity index (χ1n) is 19.4. The molecule has 0 amide bonds. The molecule has 0 bridgehead atoms. The van der Waals surface area contributed by atoms with Gasteiger partial charge in [0.1, 0.15) is 0 Å². The highest BCUT2D eigenvalue weighted by atomic mass is 15.1. The van der Waals surface area contributed by atoms with E-state index < -0.39 is 5.41 Å². The SMILES string of the molecule is CC1(C)c2cc3cc(N(c4ccccc4)c4ccc5c(c4)C4(c6ccccc6-c6ccccc64)c4ccccc4-5)ccc3cc2-c2ccc3ccccc3c21. The number of anilines is 3. The lowest BCUT2D eigenvalue weighted by Gasteiger charge is -2.32. The summed E-state index contributed by atoms with van der Waals surface area (Å²) in [5.74, 6) is 0. The van der Waals surface area contributed by atoms with Crippen LogP contribution in [-0.4, -0.2) is 0 Å². The summed E-state index contributed by atoms with van der Waals surface area (Å²) in [7, 11) is 0. The maximum atomic E-state index is 2.49. The van der Waals surface area contributed by atoms with Gasteiger partial charge in [0.25, 0.3) is 0 Å². The normalized spacial score (nSPS) is 14.7. The molecular weight excluding hydrogens is 663 g/mol. The van der Waals surface area contributed by atoms with Crippen LogP contribution in [0.1, 0.15) is 47.2 Å². The minimum Gasteiger partial charge on any atom is -0.310 e. The number of benzene rings is 9. The summed E-state index contributed by atoms with van der Waals surface area (Å²) in [4.78, 5) is 2.45. The molecule has 1 spiro atoms. The van der Waals surface area contributed by atoms with E-state index in [0.717, 1.165) is 17.1 Å². The molecule has 0 saturated heterocycles. The molecule has 3 aliphatic rings. The van der Waals surface area contributed by atoms with Gasteiger partial charge < -0.3 is 4.90 Å². The van der Waals surface area contributed by atoms with E-state index in [2.05, 4.69) is 207 Å². The fourth-order valence-corrected chi connectivity index (χ4v) is 10.7. The van der Waals surface area contributed by atoms with E-state index in [1.54, 1.807) is 0 Å². The lowest BCUT2D eigenvalue weighted by atomic mass is 9.70. The van der Waals surface area contributed by atoms with Gasteiger partial charge in [-0.2, -0.15) is 0 Å². The van der Waals surface area contributed by atoms with Crippen molar-refractivity contribution in [3.8, 4) is 33.4 Å². The van der Waals surface area contributed by atoms with Crippen molar-refractivity contribution in [2.45, 2.75) is 24.7 Å². The number of fused-ring (bicyclic) bond motifs is 16. The van der Waals surface area contributed by atoms with E-state index in [4.69, 9.17) is 0 Å². The lowest BCUT2D eigenvalue weighted by Crippen LogP contribution is -2.26. The van der Waals surface area contributed by atoms with Crippen molar-refractivity contribution in [1.29, 1.82) is 0 Å². The number of nitrogens with zero attached hydrogens (tertiary/aromatic N) is 1. The molecular formula is C54H37N. The molecule has 9 aromatic carbocycles. The van der Waals surface area contributed by atoms with Gasteiger partial charge in [0.05, 0.1) is 5.41 Å². The molecule has 3 aliphatic carbocycles. The molecule has 0 aliphatic heterocycles. The van der Waals surface area contributed by atoms with Gasteiger partial charge in [0.15, 0.2) is 0 Å². The van der Waals surface area contributed by atoms with Gasteiger partial charge in [-0.25, -0.2) is 0 Å². The zero-order chi connectivity index (χ0) is 36.5. The Balaban J connectivity index is 1.07. The highest BCUT2D eigenvalue weighted by Gasteiger charge is 2.51. The summed E-state index contributed by atoms with van der Waals surface area (Å²) >= 11 is 0. The van der Waals surface area contributed by atoms with Gasteiger partial charge in [0.2, 0.25) is 0 Å². The third kappa shape index (κ3) is 3.97. The summed E-state index contributed by atoms with van der Waals surface area (Å²) in [6, 6.07) is 70.6. The Morgan fingerprint density at radius 1 is 0.327 bits per heavy atom. The molecule has 258 valence electrons. The third-order valence-electron chi connectivity index (χ3n) is 13.0. The maximum Gasteiger partial charge on any atom is 0.0726 e. The zero-order valence-corrected chi connectivity index (χ0v) is 30.8. The minimum absolute atomic E-state index is 0.119. The zero-order valence-electron chi connectivity index (χ0n) is 30.8. The van der Waals surface area contributed by atoms with Crippen LogP contribution in [0.15, 0.2) is 188 Å². The van der Waals surface area contributed by atoms with Crippen molar-refractivity contribution < 1.29 is 0 Å². The Labute approximate surface area is 321 Å². The average molecular weight is 700 g/mol. The molecule has 0 radical (unpaired) electrons. The summed E-state index contributed by atoms with van der Waals surface area (Å²) in [5, 5.41) is 5.17. The predicted molar refractivity (Wildman–Crippen MR) is 230 cm³/mol. The molecule has 55 heavy (non-hydrogen) atoms. The predicted octanol–water partition coefficient (Wildman–Crippen LogP) is 14.1. The van der Waals surface area contributed by atoms with Crippen molar-refractivity contribution in [3.63, 3.8) is 0 Å². The lowest BCUT2D eigenvalue weighted by molar-refractivity contribution is 0.667. The van der Waals surface area contributed by atoms with E-state index >= 15 is 0 Å². The van der Waals surface area contributed by atoms with E-state index in [9.17, 15) is 0 Å². The molecule has 1 nitrogen and oxygen atoms in total. The van der Waals surface area contributed by atoms with E-state index in [1.807, 2.05) is 0 Å². The Morgan fingerprint density at radius 3 is 1.58 bits per heavy atom. The number of para-hydroxylation sites is 1. The highest BCUT2D eigenvalue weighted by Crippen LogP contribution is 2.63. The monoisotopic (exact) mass is 699 g/mol. The molecule has 12 rings (SSSR count). The molecule has 1 heteroatoms. The largest absolute Gasteiger partial charge is 0.310 e. The van der Waals surface area contributed by atoms with Crippen molar-refractivity contribution in [2.75, 3.05) is 4.90 Å². The maximum absolute atomic E-state index is 2.49. The van der Waals surface area contributed by atoms with Crippen LogP contribution in [0, 0.1) is 0 Å². The smallest absolute Gasteiger partial charge is 0.0726 e. The third-order valence-corrected chi connectivity index (χ3v) is 13.0. The van der Waals surface area contributed by atoms with Crippen LogP contribution in [0.4, 0.5) is 17.1 Å². The van der Waals surface area contributed by atoms with Crippen LogP contribution < -0.4 is 4.90 Å². The second-order valence-corrected chi connectivity index (χ2v) is 16.1. The van der Waals surface area contributed by atoms with Gasteiger partial charge in [-0.1, -0.05) is 153 Å². The Morgan fingerprint density at radius 2 is 0.873 bits per heavy atom. The van der Waals surface area contributed by atoms with Crippen LogP contribution in [-0.2, 0) is 10.8 Å². The van der Waals surface area contributed by atoms with Crippen LogP contribution >= 0.6 is 0 Å². The second-order valence-electron chi connectivity index (χ2n) is 16.1. The van der Waals surface area contributed by atoms with Crippen LogP contribution in [0.3, 0.4) is 0 Å². The van der Waals surface area contributed by atoms with E-state index in [0.29, 0.717) is 0 Å². The Bertz CT molecular complexity index is 3010. The molecule has 0 saturated carbocycles. The molecule has 0 fully saturated rings. The first-order valence-corrected chi connectivity index (χ1v) is 19.4. The van der Waals surface area contributed by atoms with Gasteiger partial charge in [-0.05, 0) is 137 Å². The van der Waals surface area contributed by atoms with Gasteiger partial charge in [-0.15, -0.1) is 0 Å². The van der Waals surface area contributed by atoms with Crippen LogP contribution in [0.5, 0.6) is 0 Å². The molecule has 0 aromatic heterocycles. The quantitative estimate of drug-likeness (QED) is 0.177. The van der Waals surface area contributed by atoms with E-state index in [1.165, 1.54) is 88.3 Å². The van der Waals surface area contributed by atoms with Gasteiger partial charge in [0, 0.05) is 22.5 Å². The highest BCUT2D eigenvalue weighted by molar-refractivity contribution is 6.02.